The van der Waals surface area contributed by atoms with Crippen molar-refractivity contribution in [3.63, 3.8) is 0 Å². The Hall–Kier alpha value is -1.88. The highest BCUT2D eigenvalue weighted by molar-refractivity contribution is 5.93. The Morgan fingerprint density at radius 2 is 1.52 bits per heavy atom. The largest absolute Gasteiger partial charge is 0.366 e. The smallest absolute Gasteiger partial charge is 0.248 e. The summed E-state index contributed by atoms with van der Waals surface area (Å²) in [5.74, 6) is -0.379. The maximum atomic E-state index is 11.2. The number of nitrogens with zero attached hydrogens (tertiary/aromatic N) is 2. The summed E-state index contributed by atoms with van der Waals surface area (Å²) in [6.07, 6.45) is 3.85. The number of nitrogens with two attached hydrogens (primary N) is 1. The topological polar surface area (TPSA) is 49.6 Å². The number of halogens is 1. The minimum Gasteiger partial charge on any atom is -0.366 e. The van der Waals surface area contributed by atoms with Gasteiger partial charge in [-0.25, -0.2) is 0 Å². The second kappa shape index (κ2) is 8.87. The first-order valence-electron chi connectivity index (χ1n) is 9.66. The number of primary amides is 1. The van der Waals surface area contributed by atoms with Crippen LogP contribution < -0.4 is 5.73 Å². The first-order valence-corrected chi connectivity index (χ1v) is 9.66. The van der Waals surface area contributed by atoms with Gasteiger partial charge in [-0.05, 0) is 66.7 Å². The average molecular weight is 386 g/mol. The minimum absolute atomic E-state index is 0. The fraction of sp³-hybridized carbons (Fsp3) is 0.409. The zero-order chi connectivity index (χ0) is 17.9. The van der Waals surface area contributed by atoms with Crippen LogP contribution in [0.25, 0.3) is 11.1 Å². The van der Waals surface area contributed by atoms with Crippen molar-refractivity contribution < 1.29 is 4.79 Å². The number of rotatable bonds is 5. The Balaban J connectivity index is 0.00000210. The van der Waals surface area contributed by atoms with Crippen molar-refractivity contribution in [2.45, 2.75) is 25.8 Å². The summed E-state index contributed by atoms with van der Waals surface area (Å²) < 4.78 is 0. The van der Waals surface area contributed by atoms with Crippen LogP contribution in [0.1, 0.15) is 34.3 Å². The zero-order valence-corrected chi connectivity index (χ0v) is 16.5. The van der Waals surface area contributed by atoms with Crippen molar-refractivity contribution >= 4 is 18.3 Å². The molecule has 1 amide bonds. The molecule has 0 spiro atoms. The van der Waals surface area contributed by atoms with Crippen molar-refractivity contribution in [2.75, 3.05) is 32.7 Å². The van der Waals surface area contributed by atoms with Crippen molar-refractivity contribution in [3.8, 4) is 11.1 Å². The second-order valence-electron chi connectivity index (χ2n) is 7.50. The van der Waals surface area contributed by atoms with Crippen LogP contribution in [0.4, 0.5) is 0 Å². The van der Waals surface area contributed by atoms with E-state index in [4.69, 9.17) is 5.73 Å². The molecule has 2 heterocycles. The van der Waals surface area contributed by atoms with E-state index in [0.29, 0.717) is 5.56 Å². The van der Waals surface area contributed by atoms with Crippen LogP contribution in [0.3, 0.4) is 0 Å². The number of carbonyl (C=O) groups excluding carboxylic acids is 1. The molecule has 4 rings (SSSR count). The number of benzene rings is 2. The molecule has 0 aliphatic carbocycles. The number of likely N-dealkylation sites (tertiary alicyclic amines) is 1. The van der Waals surface area contributed by atoms with Crippen LogP contribution in [0.2, 0.25) is 0 Å². The lowest BCUT2D eigenvalue weighted by molar-refractivity contribution is 0.100. The molecular weight excluding hydrogens is 358 g/mol. The van der Waals surface area contributed by atoms with Gasteiger partial charge in [0, 0.05) is 31.7 Å². The minimum atomic E-state index is -0.379. The number of amides is 1. The molecule has 2 N–H and O–H groups in total. The monoisotopic (exact) mass is 385 g/mol. The van der Waals surface area contributed by atoms with Gasteiger partial charge in [0.25, 0.3) is 0 Å². The van der Waals surface area contributed by atoms with E-state index in [9.17, 15) is 4.79 Å². The van der Waals surface area contributed by atoms with Crippen molar-refractivity contribution in [2.24, 2.45) is 5.73 Å². The van der Waals surface area contributed by atoms with E-state index in [1.54, 1.807) is 12.1 Å². The first kappa shape index (κ1) is 19.9. The van der Waals surface area contributed by atoms with Gasteiger partial charge in [0.2, 0.25) is 5.91 Å². The lowest BCUT2D eigenvalue weighted by Crippen LogP contribution is -2.37. The highest BCUT2D eigenvalue weighted by atomic mass is 35.5. The lowest BCUT2D eigenvalue weighted by Gasteiger charge is -2.30. The van der Waals surface area contributed by atoms with E-state index >= 15 is 0 Å². The van der Waals surface area contributed by atoms with Gasteiger partial charge >= 0.3 is 0 Å². The molecule has 2 aromatic rings. The van der Waals surface area contributed by atoms with Gasteiger partial charge in [0.15, 0.2) is 0 Å². The summed E-state index contributed by atoms with van der Waals surface area (Å²) in [6, 6.07) is 14.3. The third-order valence-corrected chi connectivity index (χ3v) is 5.73. The van der Waals surface area contributed by atoms with Gasteiger partial charge in [-0.2, -0.15) is 0 Å². The summed E-state index contributed by atoms with van der Waals surface area (Å²) in [7, 11) is 0. The Morgan fingerprint density at radius 3 is 2.22 bits per heavy atom. The van der Waals surface area contributed by atoms with Gasteiger partial charge < -0.3 is 10.6 Å². The Morgan fingerprint density at radius 1 is 0.852 bits per heavy atom. The first-order chi connectivity index (χ1) is 12.7. The SMILES string of the molecule is Cl.NC(=O)c1ccc(-c2ccc3c(c2)CCN(CCN2CCCC2)C3)cc1. The summed E-state index contributed by atoms with van der Waals surface area (Å²) in [6.45, 7) is 7.15. The maximum absolute atomic E-state index is 11.2. The summed E-state index contributed by atoms with van der Waals surface area (Å²) in [5.41, 5.74) is 11.1. The molecule has 4 nitrogen and oxygen atoms in total. The number of hydrogen-bond donors (Lipinski definition) is 1. The predicted molar refractivity (Wildman–Crippen MR) is 112 cm³/mol. The van der Waals surface area contributed by atoms with Crippen LogP contribution in [-0.2, 0) is 13.0 Å². The molecule has 0 bridgehead atoms. The van der Waals surface area contributed by atoms with Gasteiger partial charge in [-0.3, -0.25) is 9.69 Å². The van der Waals surface area contributed by atoms with Crippen molar-refractivity contribution in [1.82, 2.24) is 9.80 Å². The van der Waals surface area contributed by atoms with E-state index in [1.807, 2.05) is 12.1 Å². The standard InChI is InChI=1S/C22H27N3O.ClH/c23-22(26)18-5-3-17(4-6-18)19-7-8-21-16-25(12-9-20(21)15-19)14-13-24-10-1-2-11-24;/h3-8,15H,1-2,9-14,16H2,(H2,23,26);1H. The number of carbonyl (C=O) groups is 1. The molecule has 0 unspecified atom stereocenters. The van der Waals surface area contributed by atoms with E-state index in [2.05, 4.69) is 28.0 Å². The maximum Gasteiger partial charge on any atom is 0.248 e. The molecule has 0 atom stereocenters. The Bertz CT molecular complexity index is 785. The molecule has 0 radical (unpaired) electrons. The summed E-state index contributed by atoms with van der Waals surface area (Å²) >= 11 is 0. The Kier molecular flexibility index (Phi) is 6.53. The molecule has 27 heavy (non-hydrogen) atoms. The second-order valence-corrected chi connectivity index (χ2v) is 7.50. The molecule has 0 saturated carbocycles. The van der Waals surface area contributed by atoms with E-state index in [0.717, 1.165) is 25.1 Å². The van der Waals surface area contributed by atoms with Gasteiger partial charge in [-0.1, -0.05) is 30.3 Å². The van der Waals surface area contributed by atoms with Crippen LogP contribution in [0, 0.1) is 0 Å². The third kappa shape index (κ3) is 4.70. The highest BCUT2D eigenvalue weighted by Gasteiger charge is 2.18. The van der Waals surface area contributed by atoms with E-state index in [1.165, 1.54) is 55.7 Å². The average Bonchev–Trinajstić information content (AvgIpc) is 3.19. The highest BCUT2D eigenvalue weighted by Crippen LogP contribution is 2.26. The van der Waals surface area contributed by atoms with Crippen LogP contribution >= 0.6 is 12.4 Å². The van der Waals surface area contributed by atoms with E-state index in [-0.39, 0.29) is 18.3 Å². The van der Waals surface area contributed by atoms with Crippen molar-refractivity contribution in [3.05, 3.63) is 59.2 Å². The zero-order valence-electron chi connectivity index (χ0n) is 15.7. The van der Waals surface area contributed by atoms with Crippen molar-refractivity contribution in [1.29, 1.82) is 0 Å². The third-order valence-electron chi connectivity index (χ3n) is 5.73. The molecule has 144 valence electrons. The fourth-order valence-corrected chi connectivity index (χ4v) is 4.10. The molecular formula is C22H28ClN3O. The van der Waals surface area contributed by atoms with Crippen LogP contribution in [0.5, 0.6) is 0 Å². The van der Waals surface area contributed by atoms with Crippen LogP contribution in [0.15, 0.2) is 42.5 Å². The molecule has 2 aromatic carbocycles. The molecule has 2 aliphatic heterocycles. The van der Waals surface area contributed by atoms with E-state index < -0.39 is 0 Å². The fourth-order valence-electron chi connectivity index (χ4n) is 4.10. The summed E-state index contributed by atoms with van der Waals surface area (Å²) in [5, 5.41) is 0. The van der Waals surface area contributed by atoms with Gasteiger partial charge in [0.05, 0.1) is 0 Å². The molecule has 5 heteroatoms. The molecule has 1 fully saturated rings. The summed E-state index contributed by atoms with van der Waals surface area (Å²) in [4.78, 5) is 16.4. The number of hydrogen-bond acceptors (Lipinski definition) is 3. The molecule has 0 aromatic heterocycles. The Labute approximate surface area is 167 Å². The van der Waals surface area contributed by atoms with Gasteiger partial charge in [-0.15, -0.1) is 12.4 Å². The predicted octanol–water partition coefficient (Wildman–Crippen LogP) is 3.33. The van der Waals surface area contributed by atoms with Crippen LogP contribution in [-0.4, -0.2) is 48.4 Å². The normalized spacial score (nSPS) is 17.3. The molecule has 1 saturated heterocycles. The number of fused-ring (bicyclic) bond motifs is 1. The quantitative estimate of drug-likeness (QED) is 0.858. The van der Waals surface area contributed by atoms with Gasteiger partial charge in [0.1, 0.15) is 0 Å². The lowest BCUT2D eigenvalue weighted by atomic mass is 9.94. The molecule has 2 aliphatic rings.